The van der Waals surface area contributed by atoms with Gasteiger partial charge in [0.2, 0.25) is 0 Å². The van der Waals surface area contributed by atoms with E-state index in [0.717, 1.165) is 54.1 Å². The number of aromatic hydroxyl groups is 1. The van der Waals surface area contributed by atoms with Gasteiger partial charge in [-0.15, -0.1) is 0 Å². The van der Waals surface area contributed by atoms with Crippen LogP contribution in [0, 0.1) is 12.7 Å². The highest BCUT2D eigenvalue weighted by molar-refractivity contribution is 7.92. The summed E-state index contributed by atoms with van der Waals surface area (Å²) in [5.41, 5.74) is 4.31. The van der Waals surface area contributed by atoms with E-state index in [1.165, 1.54) is 12.1 Å². The number of benzene rings is 3. The smallest absolute Gasteiger partial charge is 0.164 e. The van der Waals surface area contributed by atoms with Crippen molar-refractivity contribution in [1.82, 2.24) is 4.90 Å². The molecule has 188 valence electrons. The van der Waals surface area contributed by atoms with Crippen LogP contribution >= 0.6 is 0 Å². The number of phenols is 1. The molecule has 0 aromatic heterocycles. The van der Waals surface area contributed by atoms with Crippen molar-refractivity contribution in [3.8, 4) is 11.5 Å². The van der Waals surface area contributed by atoms with Crippen molar-refractivity contribution in [2.75, 3.05) is 32.1 Å². The van der Waals surface area contributed by atoms with Gasteiger partial charge in [0, 0.05) is 48.0 Å². The van der Waals surface area contributed by atoms with Crippen molar-refractivity contribution in [1.29, 1.82) is 0 Å². The maximum absolute atomic E-state index is 15.1. The minimum absolute atomic E-state index is 0.0484. The fourth-order valence-corrected chi connectivity index (χ4v) is 6.41. The van der Waals surface area contributed by atoms with Gasteiger partial charge in [0.25, 0.3) is 0 Å². The molecule has 7 heteroatoms. The van der Waals surface area contributed by atoms with Gasteiger partial charge in [-0.1, -0.05) is 24.3 Å². The number of rotatable bonds is 7. The SMILES string of the molecule is Cc1ccc(C2=C(c3ccc(O[C@H]4CCN(CCCF)C4)cc3)c3ccc(O)cc3[S+]([O-])C2)c(F)c1. The zero-order chi connectivity index (χ0) is 25.2. The van der Waals surface area contributed by atoms with Crippen molar-refractivity contribution in [2.45, 2.75) is 30.8 Å². The topological polar surface area (TPSA) is 55.8 Å². The van der Waals surface area contributed by atoms with Gasteiger partial charge in [-0.2, -0.15) is 0 Å². The maximum atomic E-state index is 15.1. The van der Waals surface area contributed by atoms with Gasteiger partial charge in [0.05, 0.1) is 6.67 Å². The van der Waals surface area contributed by atoms with Crippen LogP contribution in [0.15, 0.2) is 65.6 Å². The predicted octanol–water partition coefficient (Wildman–Crippen LogP) is 5.73. The Morgan fingerprint density at radius 1 is 1.08 bits per heavy atom. The Morgan fingerprint density at radius 2 is 1.86 bits per heavy atom. The van der Waals surface area contributed by atoms with E-state index < -0.39 is 11.2 Å². The summed E-state index contributed by atoms with van der Waals surface area (Å²) in [6.45, 7) is 3.97. The molecule has 3 aromatic carbocycles. The van der Waals surface area contributed by atoms with E-state index in [2.05, 4.69) is 4.90 Å². The minimum atomic E-state index is -1.42. The third-order valence-electron chi connectivity index (χ3n) is 6.79. The van der Waals surface area contributed by atoms with E-state index in [4.69, 9.17) is 4.74 Å². The lowest BCUT2D eigenvalue weighted by Gasteiger charge is -2.26. The zero-order valence-corrected chi connectivity index (χ0v) is 21.0. The van der Waals surface area contributed by atoms with Crippen LogP contribution in [0.4, 0.5) is 8.78 Å². The average molecular weight is 510 g/mol. The van der Waals surface area contributed by atoms with Crippen LogP contribution in [-0.4, -0.2) is 52.7 Å². The van der Waals surface area contributed by atoms with Crippen molar-refractivity contribution in [3.05, 3.63) is 88.7 Å². The number of hydrogen-bond donors (Lipinski definition) is 1. The summed E-state index contributed by atoms with van der Waals surface area (Å²) in [7, 11) is 0. The van der Waals surface area contributed by atoms with E-state index in [1.54, 1.807) is 18.2 Å². The Bertz CT molecular complexity index is 1280. The monoisotopic (exact) mass is 509 g/mol. The van der Waals surface area contributed by atoms with Gasteiger partial charge >= 0.3 is 0 Å². The zero-order valence-electron chi connectivity index (χ0n) is 20.2. The predicted molar refractivity (Wildman–Crippen MR) is 139 cm³/mol. The second-order valence-corrected chi connectivity index (χ2v) is 10.8. The van der Waals surface area contributed by atoms with Gasteiger partial charge < -0.3 is 14.4 Å². The van der Waals surface area contributed by atoms with E-state index in [-0.39, 0.29) is 30.1 Å². The Hall–Kier alpha value is -2.87. The Labute approximate surface area is 213 Å². The molecule has 0 aliphatic carbocycles. The molecule has 0 amide bonds. The molecule has 0 bridgehead atoms. The van der Waals surface area contributed by atoms with Crippen LogP contribution in [0.1, 0.15) is 35.1 Å². The number of phenolic OH excluding ortho intramolecular Hbond substituents is 1. The lowest BCUT2D eigenvalue weighted by Crippen LogP contribution is -2.26. The number of fused-ring (bicyclic) bond motifs is 1. The molecule has 0 spiro atoms. The Balaban J connectivity index is 1.49. The van der Waals surface area contributed by atoms with Crippen molar-refractivity contribution in [2.24, 2.45) is 0 Å². The summed E-state index contributed by atoms with van der Waals surface area (Å²) < 4.78 is 46.8. The number of ether oxygens (including phenoxy) is 1. The molecule has 0 radical (unpaired) electrons. The van der Waals surface area contributed by atoms with Gasteiger partial charge in [0.15, 0.2) is 4.90 Å². The molecule has 2 aliphatic rings. The van der Waals surface area contributed by atoms with Crippen LogP contribution < -0.4 is 4.74 Å². The quantitative estimate of drug-likeness (QED) is 0.413. The van der Waals surface area contributed by atoms with Crippen molar-refractivity contribution >= 4 is 22.3 Å². The first-order valence-electron chi connectivity index (χ1n) is 12.2. The fourth-order valence-electron chi connectivity index (χ4n) is 5.03. The number of hydrogen-bond acceptors (Lipinski definition) is 4. The molecular formula is C29H29F2NO3S. The first-order valence-corrected chi connectivity index (χ1v) is 13.5. The largest absolute Gasteiger partial charge is 0.611 e. The molecule has 1 fully saturated rings. The Morgan fingerprint density at radius 3 is 2.61 bits per heavy atom. The molecule has 36 heavy (non-hydrogen) atoms. The maximum Gasteiger partial charge on any atom is 0.164 e. The second-order valence-electron chi connectivity index (χ2n) is 9.40. The molecule has 2 atom stereocenters. The number of likely N-dealkylation sites (tertiary alicyclic amines) is 1. The molecule has 1 saturated heterocycles. The molecule has 4 nitrogen and oxygen atoms in total. The average Bonchev–Trinajstić information content (AvgIpc) is 3.31. The Kier molecular flexibility index (Phi) is 7.32. The molecule has 1 unspecified atom stereocenters. The van der Waals surface area contributed by atoms with Gasteiger partial charge in [-0.25, -0.2) is 4.39 Å². The number of nitrogens with zero attached hydrogens (tertiary/aromatic N) is 1. The van der Waals surface area contributed by atoms with Crippen LogP contribution in [0.25, 0.3) is 11.1 Å². The summed E-state index contributed by atoms with van der Waals surface area (Å²) in [5, 5.41) is 10.0. The summed E-state index contributed by atoms with van der Waals surface area (Å²) in [6.07, 6.45) is 1.51. The van der Waals surface area contributed by atoms with E-state index in [1.807, 2.05) is 37.3 Å². The first kappa shape index (κ1) is 24.8. The summed E-state index contributed by atoms with van der Waals surface area (Å²) >= 11 is -1.42. The van der Waals surface area contributed by atoms with Crippen LogP contribution in [-0.2, 0) is 11.2 Å². The molecule has 3 aromatic rings. The molecule has 2 heterocycles. The van der Waals surface area contributed by atoms with Crippen LogP contribution in [0.2, 0.25) is 0 Å². The van der Waals surface area contributed by atoms with Crippen molar-refractivity contribution in [3.63, 3.8) is 0 Å². The molecule has 2 aliphatic heterocycles. The molecule has 1 N–H and O–H groups in total. The lowest BCUT2D eigenvalue weighted by atomic mass is 9.89. The molecular weight excluding hydrogens is 480 g/mol. The number of aryl methyl sites for hydroxylation is 1. The fraction of sp³-hybridized carbons (Fsp3) is 0.310. The second kappa shape index (κ2) is 10.6. The molecule has 0 saturated carbocycles. The first-order chi connectivity index (χ1) is 17.4. The van der Waals surface area contributed by atoms with E-state index >= 15 is 4.39 Å². The third-order valence-corrected chi connectivity index (χ3v) is 8.17. The highest BCUT2D eigenvalue weighted by Gasteiger charge is 2.32. The van der Waals surface area contributed by atoms with Gasteiger partial charge in [-0.3, -0.25) is 9.29 Å². The van der Waals surface area contributed by atoms with Gasteiger partial charge in [-0.05, 0) is 72.4 Å². The summed E-state index contributed by atoms with van der Waals surface area (Å²) in [6, 6.07) is 17.6. The highest BCUT2D eigenvalue weighted by Crippen LogP contribution is 2.43. The normalized spacial score (nSPS) is 20.0. The van der Waals surface area contributed by atoms with Crippen LogP contribution in [0.3, 0.4) is 0 Å². The minimum Gasteiger partial charge on any atom is -0.611 e. The number of halogens is 2. The van der Waals surface area contributed by atoms with Crippen LogP contribution in [0.5, 0.6) is 11.5 Å². The summed E-state index contributed by atoms with van der Waals surface area (Å²) in [4.78, 5) is 2.77. The van der Waals surface area contributed by atoms with E-state index in [0.29, 0.717) is 22.5 Å². The van der Waals surface area contributed by atoms with Gasteiger partial charge in [0.1, 0.15) is 29.2 Å². The molecule has 5 rings (SSSR count). The standard InChI is InChI=1S/C29H29F2NO3S/c1-19-3-9-24(27(31)15-19)26-18-36(34)28-16-21(33)6-10-25(28)29(26)20-4-7-22(8-5-20)35-23-11-14-32(17-23)13-2-12-30/h3-10,15-16,23,33H,2,11-14,17-18H2,1H3/t23-,36?/m0/s1. The summed E-state index contributed by atoms with van der Waals surface area (Å²) in [5.74, 6) is 0.596. The number of alkyl halides is 1. The highest BCUT2D eigenvalue weighted by atomic mass is 32.2. The van der Waals surface area contributed by atoms with Crippen molar-refractivity contribution < 1.29 is 23.2 Å². The van der Waals surface area contributed by atoms with E-state index in [9.17, 15) is 14.0 Å². The third kappa shape index (κ3) is 5.14. The lowest BCUT2D eigenvalue weighted by molar-refractivity contribution is 0.198.